The van der Waals surface area contributed by atoms with Crippen LogP contribution in [0, 0.1) is 25.2 Å². The molecule has 0 atom stereocenters. The Morgan fingerprint density at radius 2 is 1.86 bits per heavy atom. The van der Waals surface area contributed by atoms with Gasteiger partial charge in [0.2, 0.25) is 0 Å². The Morgan fingerprint density at radius 3 is 2.52 bits per heavy atom. The third kappa shape index (κ3) is 3.35. The molecule has 4 nitrogen and oxygen atoms in total. The minimum Gasteiger partial charge on any atom is -0.278 e. The fourth-order valence-corrected chi connectivity index (χ4v) is 3.44. The molecule has 0 bridgehead atoms. The van der Waals surface area contributed by atoms with Crippen molar-refractivity contribution < 1.29 is 8.42 Å². The molecule has 0 saturated carbocycles. The van der Waals surface area contributed by atoms with Crippen LogP contribution in [-0.4, -0.2) is 8.42 Å². The van der Waals surface area contributed by atoms with Crippen LogP contribution in [-0.2, 0) is 10.0 Å². The van der Waals surface area contributed by atoms with Gasteiger partial charge in [0.25, 0.3) is 10.0 Å². The number of sulfonamides is 1. The second-order valence-electron chi connectivity index (χ2n) is 4.68. The lowest BCUT2D eigenvalue weighted by Gasteiger charge is -2.12. The van der Waals surface area contributed by atoms with Gasteiger partial charge in [0.15, 0.2) is 0 Å². The first-order chi connectivity index (χ1) is 9.83. The maximum atomic E-state index is 12.5. The van der Waals surface area contributed by atoms with E-state index in [-0.39, 0.29) is 10.5 Å². The van der Waals surface area contributed by atoms with Crippen molar-refractivity contribution in [3.05, 3.63) is 58.1 Å². The second-order valence-corrected chi connectivity index (χ2v) is 6.74. The summed E-state index contributed by atoms with van der Waals surface area (Å²) in [5, 5.41) is 9.22. The molecule has 0 aromatic heterocycles. The van der Waals surface area contributed by atoms with Crippen molar-refractivity contribution in [2.24, 2.45) is 0 Å². The normalized spacial score (nSPS) is 11.0. The van der Waals surface area contributed by atoms with E-state index in [0.29, 0.717) is 16.3 Å². The van der Waals surface area contributed by atoms with E-state index in [1.165, 1.54) is 6.07 Å². The van der Waals surface area contributed by atoms with Crippen molar-refractivity contribution in [3.8, 4) is 6.07 Å². The second kappa shape index (κ2) is 5.76. The van der Waals surface area contributed by atoms with Crippen molar-refractivity contribution in [1.82, 2.24) is 0 Å². The molecule has 6 heteroatoms. The highest BCUT2D eigenvalue weighted by atomic mass is 35.5. The van der Waals surface area contributed by atoms with Gasteiger partial charge in [0.05, 0.1) is 27.2 Å². The molecule has 1 N–H and O–H groups in total. The average molecular weight is 321 g/mol. The van der Waals surface area contributed by atoms with Crippen LogP contribution >= 0.6 is 11.6 Å². The van der Waals surface area contributed by atoms with Gasteiger partial charge in [0, 0.05) is 0 Å². The highest BCUT2D eigenvalue weighted by Gasteiger charge is 2.19. The molecule has 0 heterocycles. The lowest BCUT2D eigenvalue weighted by atomic mass is 10.2. The Bertz CT molecular complexity index is 839. The summed E-state index contributed by atoms with van der Waals surface area (Å²) < 4.78 is 27.4. The zero-order valence-electron chi connectivity index (χ0n) is 11.5. The van der Waals surface area contributed by atoms with Gasteiger partial charge in [-0.15, -0.1) is 0 Å². The van der Waals surface area contributed by atoms with Crippen molar-refractivity contribution in [2.75, 3.05) is 4.72 Å². The quantitative estimate of drug-likeness (QED) is 0.938. The highest BCUT2D eigenvalue weighted by Crippen LogP contribution is 2.27. The number of hydrogen-bond donors (Lipinski definition) is 1. The van der Waals surface area contributed by atoms with Gasteiger partial charge in [-0.1, -0.05) is 23.7 Å². The summed E-state index contributed by atoms with van der Waals surface area (Å²) in [5.74, 6) is 0. The van der Waals surface area contributed by atoms with E-state index >= 15 is 0 Å². The lowest BCUT2D eigenvalue weighted by molar-refractivity contribution is 0.600. The van der Waals surface area contributed by atoms with Crippen LogP contribution in [0.25, 0.3) is 0 Å². The maximum Gasteiger partial charge on any atom is 0.262 e. The molecule has 0 saturated heterocycles. The van der Waals surface area contributed by atoms with Crippen LogP contribution in [0.5, 0.6) is 0 Å². The molecule has 2 aromatic rings. The summed E-state index contributed by atoms with van der Waals surface area (Å²) in [6.45, 7) is 3.52. The van der Waals surface area contributed by atoms with E-state index in [4.69, 9.17) is 16.9 Å². The van der Waals surface area contributed by atoms with E-state index in [2.05, 4.69) is 4.72 Å². The summed E-state index contributed by atoms with van der Waals surface area (Å²) in [7, 11) is -3.80. The van der Waals surface area contributed by atoms with E-state index in [1.807, 2.05) is 13.0 Å². The summed E-state index contributed by atoms with van der Waals surface area (Å²) in [6, 6.07) is 11.5. The molecular formula is C15H13ClN2O2S. The Balaban J connectivity index is 2.48. The Hall–Kier alpha value is -2.03. The third-order valence-electron chi connectivity index (χ3n) is 2.97. The SMILES string of the molecule is Cc1ccc(Cl)c(NS(=O)(=O)c2cc(C#N)ccc2C)c1. The Labute approximate surface area is 129 Å². The van der Waals surface area contributed by atoms with Gasteiger partial charge in [-0.2, -0.15) is 5.26 Å². The highest BCUT2D eigenvalue weighted by molar-refractivity contribution is 7.92. The van der Waals surface area contributed by atoms with Gasteiger partial charge in [-0.25, -0.2) is 8.42 Å². The molecule has 0 aliphatic heterocycles. The Kier molecular flexibility index (Phi) is 4.21. The summed E-state index contributed by atoms with van der Waals surface area (Å²) in [5.41, 5.74) is 2.06. The number of nitrogens with one attached hydrogen (secondary N) is 1. The molecule has 0 radical (unpaired) electrons. The average Bonchev–Trinajstić information content (AvgIpc) is 2.43. The number of rotatable bonds is 3. The van der Waals surface area contributed by atoms with Crippen LogP contribution in [0.15, 0.2) is 41.3 Å². The summed E-state index contributed by atoms with van der Waals surface area (Å²) in [4.78, 5) is 0.0686. The summed E-state index contributed by atoms with van der Waals surface area (Å²) >= 11 is 6.01. The molecular weight excluding hydrogens is 308 g/mol. The van der Waals surface area contributed by atoms with Crippen molar-refractivity contribution in [3.63, 3.8) is 0 Å². The zero-order valence-corrected chi connectivity index (χ0v) is 13.1. The molecule has 0 amide bonds. The topological polar surface area (TPSA) is 70.0 Å². The van der Waals surface area contributed by atoms with Gasteiger partial charge < -0.3 is 0 Å². The van der Waals surface area contributed by atoms with Crippen molar-refractivity contribution in [2.45, 2.75) is 18.7 Å². The number of aryl methyl sites for hydroxylation is 2. The number of nitrogens with zero attached hydrogens (tertiary/aromatic N) is 1. The van der Waals surface area contributed by atoms with E-state index in [0.717, 1.165) is 5.56 Å². The van der Waals surface area contributed by atoms with Gasteiger partial charge in [-0.05, 0) is 49.2 Å². The fourth-order valence-electron chi connectivity index (χ4n) is 1.88. The first-order valence-corrected chi connectivity index (χ1v) is 7.99. The minimum absolute atomic E-state index is 0.0686. The maximum absolute atomic E-state index is 12.5. The van der Waals surface area contributed by atoms with Gasteiger partial charge >= 0.3 is 0 Å². The summed E-state index contributed by atoms with van der Waals surface area (Å²) in [6.07, 6.45) is 0. The molecule has 0 aliphatic carbocycles. The van der Waals surface area contributed by atoms with Crippen LogP contribution < -0.4 is 4.72 Å². The predicted octanol–water partition coefficient (Wildman–Crippen LogP) is 3.63. The van der Waals surface area contributed by atoms with Gasteiger partial charge in [-0.3, -0.25) is 4.72 Å². The molecule has 108 valence electrons. The number of benzene rings is 2. The molecule has 0 fully saturated rings. The minimum atomic E-state index is -3.80. The Morgan fingerprint density at radius 1 is 1.14 bits per heavy atom. The lowest BCUT2D eigenvalue weighted by Crippen LogP contribution is -2.15. The van der Waals surface area contributed by atoms with Crippen molar-refractivity contribution >= 4 is 27.3 Å². The van der Waals surface area contributed by atoms with Crippen LogP contribution in [0.3, 0.4) is 0 Å². The predicted molar refractivity (Wildman–Crippen MR) is 82.9 cm³/mol. The first-order valence-electron chi connectivity index (χ1n) is 6.13. The van der Waals surface area contributed by atoms with Crippen LogP contribution in [0.4, 0.5) is 5.69 Å². The molecule has 2 rings (SSSR count). The van der Waals surface area contributed by atoms with E-state index < -0.39 is 10.0 Å². The number of halogens is 1. The smallest absolute Gasteiger partial charge is 0.262 e. The molecule has 0 unspecified atom stereocenters. The standard InChI is InChI=1S/C15H13ClN2O2S/c1-10-3-6-13(16)14(7-10)18-21(19,20)15-8-12(9-17)5-4-11(15)2/h3-8,18H,1-2H3. The largest absolute Gasteiger partial charge is 0.278 e. The molecule has 0 aliphatic rings. The third-order valence-corrected chi connectivity index (χ3v) is 4.81. The van der Waals surface area contributed by atoms with Crippen LogP contribution in [0.1, 0.15) is 16.7 Å². The zero-order chi connectivity index (χ0) is 15.6. The molecule has 0 spiro atoms. The molecule has 2 aromatic carbocycles. The number of nitriles is 1. The van der Waals surface area contributed by atoms with Gasteiger partial charge in [0.1, 0.15) is 0 Å². The number of anilines is 1. The molecule has 21 heavy (non-hydrogen) atoms. The first kappa shape index (κ1) is 15.4. The fraction of sp³-hybridized carbons (Fsp3) is 0.133. The van der Waals surface area contributed by atoms with E-state index in [1.54, 1.807) is 37.3 Å². The van der Waals surface area contributed by atoms with Crippen LogP contribution in [0.2, 0.25) is 5.02 Å². The van der Waals surface area contributed by atoms with E-state index in [9.17, 15) is 8.42 Å². The van der Waals surface area contributed by atoms with Crippen molar-refractivity contribution in [1.29, 1.82) is 5.26 Å². The number of hydrogen-bond acceptors (Lipinski definition) is 3. The monoisotopic (exact) mass is 320 g/mol.